The Morgan fingerprint density at radius 2 is 1.88 bits per heavy atom. The second-order valence-corrected chi connectivity index (χ2v) is 4.39. The molecule has 0 radical (unpaired) electrons. The molecule has 0 bridgehead atoms. The van der Waals surface area contributed by atoms with Gasteiger partial charge in [-0.15, -0.1) is 0 Å². The van der Waals surface area contributed by atoms with Gasteiger partial charge in [0.1, 0.15) is 5.75 Å². The van der Waals surface area contributed by atoms with E-state index in [4.69, 9.17) is 11.6 Å². The Balaban J connectivity index is 2.36. The van der Waals surface area contributed by atoms with E-state index in [0.29, 0.717) is 22.6 Å². The first kappa shape index (κ1) is 11.2. The number of aromatic hydroxyl groups is 1. The van der Waals surface area contributed by atoms with Crippen LogP contribution in [0.3, 0.4) is 0 Å². The summed E-state index contributed by atoms with van der Waals surface area (Å²) < 4.78 is 0. The third-order valence-corrected chi connectivity index (χ3v) is 3.24. The summed E-state index contributed by atoms with van der Waals surface area (Å²) in [4.78, 5) is 12.1. The average molecular weight is 237 g/mol. The second-order valence-electron chi connectivity index (χ2n) is 3.94. The lowest BCUT2D eigenvalue weighted by molar-refractivity contribution is 0.102. The Labute approximate surface area is 99.5 Å². The van der Waals surface area contributed by atoms with Crippen molar-refractivity contribution in [1.82, 2.24) is 0 Å². The van der Waals surface area contributed by atoms with Crippen LogP contribution in [0, 0.1) is 0 Å². The van der Waals surface area contributed by atoms with Gasteiger partial charge in [0.2, 0.25) is 0 Å². The third kappa shape index (κ3) is 2.12. The van der Waals surface area contributed by atoms with E-state index in [1.165, 1.54) is 6.07 Å². The van der Waals surface area contributed by atoms with Gasteiger partial charge in [-0.1, -0.05) is 23.7 Å². The van der Waals surface area contributed by atoms with Gasteiger partial charge < -0.3 is 5.11 Å². The lowest BCUT2D eigenvalue weighted by Crippen LogP contribution is -2.08. The van der Waals surface area contributed by atoms with Gasteiger partial charge in [-0.3, -0.25) is 4.79 Å². The molecule has 1 aromatic rings. The van der Waals surface area contributed by atoms with Crippen LogP contribution in [0.25, 0.3) is 0 Å². The molecule has 1 N–H and O–H groups in total. The second kappa shape index (κ2) is 4.71. The summed E-state index contributed by atoms with van der Waals surface area (Å²) in [6.07, 6.45) is 3.52. The van der Waals surface area contributed by atoms with E-state index in [1.807, 2.05) is 0 Å². The summed E-state index contributed by atoms with van der Waals surface area (Å²) in [6.45, 7) is 0. The summed E-state index contributed by atoms with van der Waals surface area (Å²) in [5.41, 5.74) is 1.01. The van der Waals surface area contributed by atoms with Crippen LogP contribution in [0.15, 0.2) is 34.9 Å². The van der Waals surface area contributed by atoms with E-state index < -0.39 is 0 Å². The molecule has 0 aromatic heterocycles. The lowest BCUT2D eigenvalue weighted by atomic mass is 9.92. The highest BCUT2D eigenvalue weighted by atomic mass is 35.5. The predicted molar refractivity (Wildman–Crippen MR) is 63.8 cm³/mol. The predicted octanol–water partition coefficient (Wildman–Crippen LogP) is 3.64. The van der Waals surface area contributed by atoms with Crippen LogP contribution in [0.5, 0.6) is 5.75 Å². The molecule has 1 aliphatic rings. The van der Waals surface area contributed by atoms with Gasteiger partial charge in [-0.25, -0.2) is 0 Å². The normalized spacial score (nSPS) is 16.3. The quantitative estimate of drug-likeness (QED) is 0.796. The number of ketones is 1. The number of carbonyl (C=O) groups excluding carboxylic acids is 1. The third-order valence-electron chi connectivity index (χ3n) is 2.82. The SMILES string of the molecule is O=C(C1=C(Cl)CCCC1)c1ccccc1O. The zero-order valence-corrected chi connectivity index (χ0v) is 9.63. The number of benzene rings is 1. The molecular formula is C13H13ClO2. The lowest BCUT2D eigenvalue weighted by Gasteiger charge is -2.15. The van der Waals surface area contributed by atoms with Crippen molar-refractivity contribution in [3.05, 3.63) is 40.4 Å². The highest BCUT2D eigenvalue weighted by molar-refractivity contribution is 6.33. The van der Waals surface area contributed by atoms with Crippen molar-refractivity contribution in [2.24, 2.45) is 0 Å². The maximum atomic E-state index is 12.1. The minimum atomic E-state index is -0.136. The van der Waals surface area contributed by atoms with Crippen LogP contribution < -0.4 is 0 Å². The molecule has 0 fully saturated rings. The Kier molecular flexibility index (Phi) is 3.30. The summed E-state index contributed by atoms with van der Waals surface area (Å²) in [6, 6.07) is 6.58. The smallest absolute Gasteiger partial charge is 0.193 e. The molecule has 0 saturated carbocycles. The topological polar surface area (TPSA) is 37.3 Å². The standard InChI is InChI=1S/C13H13ClO2/c14-11-7-3-1-5-9(11)13(16)10-6-2-4-8-12(10)15/h2,4,6,8,15H,1,3,5,7H2. The molecule has 0 unspecified atom stereocenters. The number of rotatable bonds is 2. The van der Waals surface area contributed by atoms with Crippen LogP contribution in [-0.4, -0.2) is 10.9 Å². The highest BCUT2D eigenvalue weighted by Gasteiger charge is 2.21. The number of halogens is 1. The number of hydrogen-bond acceptors (Lipinski definition) is 2. The Morgan fingerprint density at radius 3 is 2.56 bits per heavy atom. The summed E-state index contributed by atoms with van der Waals surface area (Å²) >= 11 is 6.06. The van der Waals surface area contributed by atoms with Crippen molar-refractivity contribution in [1.29, 1.82) is 0 Å². The molecule has 0 saturated heterocycles. The average Bonchev–Trinajstić information content (AvgIpc) is 2.29. The monoisotopic (exact) mass is 236 g/mol. The first-order valence-corrected chi connectivity index (χ1v) is 5.78. The first-order chi connectivity index (χ1) is 7.70. The molecule has 2 rings (SSSR count). The number of para-hydroxylation sites is 1. The Bertz CT molecular complexity index is 449. The zero-order valence-electron chi connectivity index (χ0n) is 8.87. The van der Waals surface area contributed by atoms with Crippen LogP contribution in [0.2, 0.25) is 0 Å². The molecule has 2 nitrogen and oxygen atoms in total. The van der Waals surface area contributed by atoms with Crippen molar-refractivity contribution in [2.45, 2.75) is 25.7 Å². The van der Waals surface area contributed by atoms with E-state index in [1.54, 1.807) is 18.2 Å². The zero-order chi connectivity index (χ0) is 11.5. The van der Waals surface area contributed by atoms with Gasteiger partial charge in [0.15, 0.2) is 5.78 Å². The first-order valence-electron chi connectivity index (χ1n) is 5.40. The summed E-state index contributed by atoms with van der Waals surface area (Å²) in [5.74, 6) is -0.113. The Hall–Kier alpha value is -1.28. The van der Waals surface area contributed by atoms with Gasteiger partial charge in [0.05, 0.1) is 5.56 Å². The minimum Gasteiger partial charge on any atom is -0.507 e. The molecule has 0 atom stereocenters. The molecule has 0 spiro atoms. The maximum absolute atomic E-state index is 12.1. The maximum Gasteiger partial charge on any atom is 0.193 e. The largest absolute Gasteiger partial charge is 0.507 e. The molecule has 0 heterocycles. The van der Waals surface area contributed by atoms with Crippen LogP contribution >= 0.6 is 11.6 Å². The van der Waals surface area contributed by atoms with Crippen molar-refractivity contribution < 1.29 is 9.90 Å². The number of hydrogen-bond donors (Lipinski definition) is 1. The van der Waals surface area contributed by atoms with Crippen molar-refractivity contribution in [3.8, 4) is 5.75 Å². The van der Waals surface area contributed by atoms with E-state index in [-0.39, 0.29) is 11.5 Å². The van der Waals surface area contributed by atoms with Gasteiger partial charge in [-0.2, -0.15) is 0 Å². The van der Waals surface area contributed by atoms with E-state index in [0.717, 1.165) is 19.3 Å². The van der Waals surface area contributed by atoms with Crippen molar-refractivity contribution in [3.63, 3.8) is 0 Å². The number of Topliss-reactive ketones (excluding diaryl/α,β-unsaturated/α-hetero) is 1. The van der Waals surface area contributed by atoms with E-state index in [9.17, 15) is 9.90 Å². The number of carbonyl (C=O) groups is 1. The van der Waals surface area contributed by atoms with Crippen LogP contribution in [0.1, 0.15) is 36.0 Å². The fourth-order valence-electron chi connectivity index (χ4n) is 1.93. The number of allylic oxidation sites excluding steroid dienone is 2. The summed E-state index contributed by atoms with van der Waals surface area (Å²) in [5, 5.41) is 10.3. The van der Waals surface area contributed by atoms with Crippen molar-refractivity contribution >= 4 is 17.4 Å². The van der Waals surface area contributed by atoms with E-state index in [2.05, 4.69) is 0 Å². The molecule has 0 amide bonds. The van der Waals surface area contributed by atoms with E-state index >= 15 is 0 Å². The number of phenolic OH excluding ortho intramolecular Hbond substituents is 1. The molecule has 1 aromatic carbocycles. The summed E-state index contributed by atoms with van der Waals surface area (Å²) in [7, 11) is 0. The minimum absolute atomic E-state index is 0.0232. The number of phenols is 1. The van der Waals surface area contributed by atoms with Gasteiger partial charge >= 0.3 is 0 Å². The fraction of sp³-hybridized carbons (Fsp3) is 0.308. The van der Waals surface area contributed by atoms with Crippen molar-refractivity contribution in [2.75, 3.05) is 0 Å². The molecule has 0 aliphatic heterocycles. The van der Waals surface area contributed by atoms with Crippen LogP contribution in [-0.2, 0) is 0 Å². The van der Waals surface area contributed by atoms with Gasteiger partial charge in [-0.05, 0) is 37.8 Å². The Morgan fingerprint density at radius 1 is 1.19 bits per heavy atom. The molecule has 1 aliphatic carbocycles. The molecule has 84 valence electrons. The van der Waals surface area contributed by atoms with Gasteiger partial charge in [0.25, 0.3) is 0 Å². The fourth-order valence-corrected chi connectivity index (χ4v) is 2.25. The van der Waals surface area contributed by atoms with Crippen LogP contribution in [0.4, 0.5) is 0 Å². The molecule has 16 heavy (non-hydrogen) atoms. The van der Waals surface area contributed by atoms with Gasteiger partial charge in [0, 0.05) is 10.6 Å². The molecular weight excluding hydrogens is 224 g/mol. The molecule has 3 heteroatoms. The highest BCUT2D eigenvalue weighted by Crippen LogP contribution is 2.31.